The Kier molecular flexibility index (Phi) is 3.06. The number of carbonyl (C=O) groups excluding carboxylic acids is 1. The van der Waals surface area contributed by atoms with Crippen LogP contribution in [0.15, 0.2) is 0 Å². The van der Waals surface area contributed by atoms with Crippen LogP contribution in [0.1, 0.15) is 32.6 Å². The van der Waals surface area contributed by atoms with Crippen molar-refractivity contribution in [3.05, 3.63) is 0 Å². The summed E-state index contributed by atoms with van der Waals surface area (Å²) in [6.45, 7) is 2.49. The van der Waals surface area contributed by atoms with E-state index in [2.05, 4.69) is 6.92 Å². The average molecular weight is 155 g/mol. The highest BCUT2D eigenvalue weighted by atomic mass is 16.1. The lowest BCUT2D eigenvalue weighted by molar-refractivity contribution is -0.122. The van der Waals surface area contributed by atoms with Crippen LogP contribution in [0.3, 0.4) is 0 Å². The van der Waals surface area contributed by atoms with Crippen LogP contribution >= 0.6 is 0 Å². The number of rotatable bonds is 2. The summed E-state index contributed by atoms with van der Waals surface area (Å²) < 4.78 is 0. The quantitative estimate of drug-likeness (QED) is 0.654. The van der Waals surface area contributed by atoms with Gasteiger partial charge in [-0.1, -0.05) is 19.8 Å². The number of nitrogens with two attached hydrogens (primary N) is 1. The molecule has 0 aromatic carbocycles. The molecule has 1 fully saturated rings. The van der Waals surface area contributed by atoms with E-state index in [4.69, 9.17) is 5.73 Å². The minimum atomic E-state index is 0.235. The Morgan fingerprint density at radius 3 is 2.36 bits per heavy atom. The smallest absolute Gasteiger partial charge is 0.149 e. The van der Waals surface area contributed by atoms with Gasteiger partial charge in [0.15, 0.2) is 0 Å². The van der Waals surface area contributed by atoms with Gasteiger partial charge in [0.2, 0.25) is 0 Å². The summed E-state index contributed by atoms with van der Waals surface area (Å²) in [5.74, 6) is 1.37. The Bertz CT molecular complexity index is 136. The topological polar surface area (TPSA) is 43.1 Å². The number of Topliss-reactive ketones (excluding diaryl/α,β-unsaturated/α-hetero) is 1. The molecule has 0 amide bonds. The van der Waals surface area contributed by atoms with Gasteiger partial charge in [0, 0.05) is 5.92 Å². The van der Waals surface area contributed by atoms with Crippen LogP contribution in [0.2, 0.25) is 0 Å². The van der Waals surface area contributed by atoms with E-state index in [0.717, 1.165) is 18.8 Å². The first-order chi connectivity index (χ1) is 5.24. The molecule has 1 aliphatic rings. The first kappa shape index (κ1) is 8.72. The highest BCUT2D eigenvalue weighted by molar-refractivity contribution is 5.82. The first-order valence-electron chi connectivity index (χ1n) is 4.46. The largest absolute Gasteiger partial charge is 0.324 e. The van der Waals surface area contributed by atoms with Gasteiger partial charge in [-0.2, -0.15) is 0 Å². The Balaban J connectivity index is 2.33. The Labute approximate surface area is 68.2 Å². The van der Waals surface area contributed by atoms with Gasteiger partial charge in [0.25, 0.3) is 0 Å². The molecule has 0 unspecified atom stereocenters. The number of ketones is 1. The van der Waals surface area contributed by atoms with Crippen molar-refractivity contribution in [1.82, 2.24) is 0 Å². The third kappa shape index (κ3) is 2.29. The second-order valence-electron chi connectivity index (χ2n) is 3.63. The maximum atomic E-state index is 11.1. The summed E-state index contributed by atoms with van der Waals surface area (Å²) in [7, 11) is 0. The maximum Gasteiger partial charge on any atom is 0.149 e. The van der Waals surface area contributed by atoms with E-state index in [0.29, 0.717) is 0 Å². The van der Waals surface area contributed by atoms with E-state index < -0.39 is 0 Å². The van der Waals surface area contributed by atoms with Crippen molar-refractivity contribution in [1.29, 1.82) is 0 Å². The van der Waals surface area contributed by atoms with Crippen molar-refractivity contribution in [2.45, 2.75) is 32.6 Å². The molecule has 1 rings (SSSR count). The zero-order valence-corrected chi connectivity index (χ0v) is 7.18. The molecule has 11 heavy (non-hydrogen) atoms. The van der Waals surface area contributed by atoms with Crippen molar-refractivity contribution < 1.29 is 4.79 Å². The molecule has 0 aromatic heterocycles. The summed E-state index contributed by atoms with van der Waals surface area (Å²) in [5.41, 5.74) is 5.29. The lowest BCUT2D eigenvalue weighted by atomic mass is 9.81. The van der Waals surface area contributed by atoms with Gasteiger partial charge in [-0.3, -0.25) is 4.79 Å². The predicted molar refractivity (Wildman–Crippen MR) is 45.2 cm³/mol. The van der Waals surface area contributed by atoms with Crippen LogP contribution in [0, 0.1) is 11.8 Å². The van der Waals surface area contributed by atoms with Crippen molar-refractivity contribution in [3.8, 4) is 0 Å². The molecule has 0 spiro atoms. The highest BCUT2D eigenvalue weighted by Gasteiger charge is 2.22. The Hall–Kier alpha value is -0.370. The molecule has 0 aliphatic heterocycles. The molecule has 64 valence electrons. The average Bonchev–Trinajstić information content (AvgIpc) is 2.05. The third-order valence-electron chi connectivity index (χ3n) is 2.67. The van der Waals surface area contributed by atoms with Crippen LogP contribution in [0.5, 0.6) is 0 Å². The standard InChI is InChI=1S/C9H17NO/c1-7-2-4-8(5-3-7)9(11)6-10/h7-8H,2-6,10H2,1H3. The number of hydrogen-bond acceptors (Lipinski definition) is 2. The summed E-state index contributed by atoms with van der Waals surface area (Å²) in [6.07, 6.45) is 4.54. The van der Waals surface area contributed by atoms with Gasteiger partial charge in [0.05, 0.1) is 6.54 Å². The molecule has 0 aromatic rings. The Morgan fingerprint density at radius 2 is 1.91 bits per heavy atom. The lowest BCUT2D eigenvalue weighted by Crippen LogP contribution is -2.26. The van der Waals surface area contributed by atoms with E-state index in [-0.39, 0.29) is 18.2 Å². The molecule has 2 N–H and O–H groups in total. The van der Waals surface area contributed by atoms with Crippen LogP contribution in [-0.2, 0) is 4.79 Å². The molecule has 2 nitrogen and oxygen atoms in total. The van der Waals surface area contributed by atoms with Crippen molar-refractivity contribution >= 4 is 5.78 Å². The predicted octanol–water partition coefficient (Wildman–Crippen LogP) is 1.34. The zero-order chi connectivity index (χ0) is 8.27. The minimum absolute atomic E-state index is 0.235. The van der Waals surface area contributed by atoms with Gasteiger partial charge in [-0.15, -0.1) is 0 Å². The highest BCUT2D eigenvalue weighted by Crippen LogP contribution is 2.28. The molecule has 1 aliphatic carbocycles. The summed E-state index contributed by atoms with van der Waals surface area (Å²) in [5, 5.41) is 0. The van der Waals surface area contributed by atoms with Crippen LogP contribution in [0.25, 0.3) is 0 Å². The third-order valence-corrected chi connectivity index (χ3v) is 2.67. The second kappa shape index (κ2) is 3.86. The van der Waals surface area contributed by atoms with Gasteiger partial charge < -0.3 is 5.73 Å². The van der Waals surface area contributed by atoms with Crippen LogP contribution < -0.4 is 5.73 Å². The van der Waals surface area contributed by atoms with Crippen LogP contribution in [0.4, 0.5) is 0 Å². The molecule has 0 heterocycles. The van der Waals surface area contributed by atoms with E-state index in [1.165, 1.54) is 12.8 Å². The minimum Gasteiger partial charge on any atom is -0.324 e. The summed E-state index contributed by atoms with van der Waals surface area (Å²) >= 11 is 0. The molecule has 2 heteroatoms. The van der Waals surface area contributed by atoms with Gasteiger partial charge in [-0.25, -0.2) is 0 Å². The van der Waals surface area contributed by atoms with E-state index in [1.807, 2.05) is 0 Å². The fourth-order valence-corrected chi connectivity index (χ4v) is 1.75. The number of carbonyl (C=O) groups is 1. The molecule has 0 saturated heterocycles. The van der Waals surface area contributed by atoms with E-state index in [9.17, 15) is 4.79 Å². The molecular weight excluding hydrogens is 138 g/mol. The lowest BCUT2D eigenvalue weighted by Gasteiger charge is -2.24. The monoisotopic (exact) mass is 155 g/mol. The second-order valence-corrected chi connectivity index (χ2v) is 3.63. The summed E-state index contributed by atoms with van der Waals surface area (Å²) in [4.78, 5) is 11.1. The molecule has 1 saturated carbocycles. The SMILES string of the molecule is CC1CCC(C(=O)CN)CC1. The normalized spacial score (nSPS) is 31.8. The van der Waals surface area contributed by atoms with Crippen molar-refractivity contribution in [2.75, 3.05) is 6.54 Å². The maximum absolute atomic E-state index is 11.1. The van der Waals surface area contributed by atoms with Crippen LogP contribution in [-0.4, -0.2) is 12.3 Å². The van der Waals surface area contributed by atoms with Gasteiger partial charge in [-0.05, 0) is 18.8 Å². The number of hydrogen-bond donors (Lipinski definition) is 1. The fourth-order valence-electron chi connectivity index (χ4n) is 1.75. The van der Waals surface area contributed by atoms with Gasteiger partial charge >= 0.3 is 0 Å². The first-order valence-corrected chi connectivity index (χ1v) is 4.46. The molecule has 0 atom stereocenters. The van der Waals surface area contributed by atoms with Crippen molar-refractivity contribution in [2.24, 2.45) is 17.6 Å². The van der Waals surface area contributed by atoms with Gasteiger partial charge in [0.1, 0.15) is 5.78 Å². The Morgan fingerprint density at radius 1 is 1.36 bits per heavy atom. The van der Waals surface area contributed by atoms with Crippen molar-refractivity contribution in [3.63, 3.8) is 0 Å². The molecular formula is C9H17NO. The van der Waals surface area contributed by atoms with E-state index >= 15 is 0 Å². The van der Waals surface area contributed by atoms with E-state index in [1.54, 1.807) is 0 Å². The molecule has 0 radical (unpaired) electrons. The summed E-state index contributed by atoms with van der Waals surface area (Å²) in [6, 6.07) is 0. The molecule has 0 bridgehead atoms. The fraction of sp³-hybridized carbons (Fsp3) is 0.889. The zero-order valence-electron chi connectivity index (χ0n) is 7.18.